The maximum atomic E-state index is 9.45. The molecule has 0 atom stereocenters. The van der Waals surface area contributed by atoms with Gasteiger partial charge in [0.25, 0.3) is 0 Å². The first-order valence-electron chi connectivity index (χ1n) is 14.5. The number of aliphatic hydroxyl groups excluding tert-OH is 1. The fourth-order valence-corrected chi connectivity index (χ4v) is 3.72. The maximum absolute atomic E-state index is 9.45. The van der Waals surface area contributed by atoms with Crippen LogP contribution in [0.5, 0.6) is 0 Å². The van der Waals surface area contributed by atoms with Gasteiger partial charge in [0, 0.05) is 12.2 Å². The molecule has 0 amide bonds. The minimum absolute atomic E-state index is 0. The number of benzene rings is 2. The van der Waals surface area contributed by atoms with Crippen molar-refractivity contribution < 1.29 is 49.2 Å². The van der Waals surface area contributed by atoms with Crippen LogP contribution in [0, 0.1) is 97.9 Å². The van der Waals surface area contributed by atoms with Gasteiger partial charge in [0.2, 0.25) is 0 Å². The van der Waals surface area contributed by atoms with Crippen molar-refractivity contribution in [3.63, 3.8) is 0 Å². The Morgan fingerprint density at radius 2 is 0.591 bits per heavy atom. The van der Waals surface area contributed by atoms with Crippen molar-refractivity contribution in [2.45, 2.75) is 141 Å². The zero-order valence-electron chi connectivity index (χ0n) is 32.7. The van der Waals surface area contributed by atoms with Crippen LogP contribution in [0.1, 0.15) is 108 Å². The minimum Gasteiger partial charge on any atom is -0.658 e. The number of hydrogen-bond acceptors (Lipinski definition) is 2. The summed E-state index contributed by atoms with van der Waals surface area (Å²) in [6.07, 6.45) is 0. The summed E-state index contributed by atoms with van der Waals surface area (Å²) < 4.78 is 0. The Balaban J connectivity index is -0.000000108. The molecule has 44 heavy (non-hydrogen) atoms. The van der Waals surface area contributed by atoms with Crippen LogP contribution in [-0.2, 0) is 39.0 Å². The minimum atomic E-state index is -0.720. The van der Waals surface area contributed by atoms with Gasteiger partial charge in [-0.3, -0.25) is 0 Å². The zero-order valence-corrected chi connectivity index (χ0v) is 36.2. The summed E-state index contributed by atoms with van der Waals surface area (Å²) in [6, 6.07) is 0. The third-order valence-corrected chi connectivity index (χ3v) is 9.80. The van der Waals surface area contributed by atoms with Crippen LogP contribution in [0.3, 0.4) is 0 Å². The van der Waals surface area contributed by atoms with E-state index in [1.165, 1.54) is 66.8 Å². The van der Waals surface area contributed by atoms with E-state index in [0.717, 1.165) is 0 Å². The molecule has 0 fully saturated rings. The smallest absolute Gasteiger partial charge is 0.658 e. The Morgan fingerprint density at radius 1 is 0.432 bits per heavy atom. The van der Waals surface area contributed by atoms with Crippen molar-refractivity contribution in [2.75, 3.05) is 20.7 Å². The van der Waals surface area contributed by atoms with Crippen LogP contribution >= 0.6 is 0 Å². The van der Waals surface area contributed by atoms with Gasteiger partial charge < -0.3 is 35.7 Å². The molecule has 6 heteroatoms. The van der Waals surface area contributed by atoms with E-state index in [1.807, 2.05) is 27.7 Å². The molecular formula is C38H70N2O2Ru2. The molecular weight excluding hydrogens is 719 g/mol. The maximum Gasteiger partial charge on any atom is 2.00 e. The van der Waals surface area contributed by atoms with E-state index in [0.29, 0.717) is 0 Å². The largest absolute Gasteiger partial charge is 2.00 e. The average molecular weight is 789 g/mol. The SMILES string of the molecule is C[N-]C(C)(C)C(C)(C)O.C[N-]C(C)(C)CO.Cc1c(C)c(C)c(C)c(C)c1C.Cc1c(C)c(C)c(C)c(C)c1C.[CH3-].[CH3-].[Ru+2].[Ru+2]. The Labute approximate surface area is 301 Å². The van der Waals surface area contributed by atoms with E-state index >= 15 is 0 Å². The van der Waals surface area contributed by atoms with Gasteiger partial charge >= 0.3 is 39.0 Å². The van der Waals surface area contributed by atoms with Crippen molar-refractivity contribution >= 4 is 0 Å². The summed E-state index contributed by atoms with van der Waals surface area (Å²) >= 11 is 0. The van der Waals surface area contributed by atoms with Gasteiger partial charge in [0.15, 0.2) is 0 Å². The molecule has 0 radical (unpaired) electrons. The molecule has 2 rings (SSSR count). The van der Waals surface area contributed by atoms with Gasteiger partial charge in [0.05, 0.1) is 0 Å². The van der Waals surface area contributed by atoms with E-state index in [2.05, 4.69) is 93.7 Å². The Hall–Kier alpha value is -0.473. The van der Waals surface area contributed by atoms with Crippen LogP contribution in [0.25, 0.3) is 10.6 Å². The molecule has 0 aliphatic rings. The van der Waals surface area contributed by atoms with Crippen molar-refractivity contribution in [1.82, 2.24) is 0 Å². The van der Waals surface area contributed by atoms with Crippen LogP contribution in [-0.4, -0.2) is 47.6 Å². The third-order valence-electron chi connectivity index (χ3n) is 9.80. The summed E-state index contributed by atoms with van der Waals surface area (Å²) in [4.78, 5) is 0. The molecule has 260 valence electrons. The van der Waals surface area contributed by atoms with Crippen molar-refractivity contribution in [3.8, 4) is 0 Å². The molecule has 2 aromatic carbocycles. The van der Waals surface area contributed by atoms with Crippen molar-refractivity contribution in [1.29, 1.82) is 0 Å². The normalized spacial score (nSPS) is 10.5. The molecule has 0 aromatic heterocycles. The quantitative estimate of drug-likeness (QED) is 0.239. The first-order chi connectivity index (χ1) is 17.9. The van der Waals surface area contributed by atoms with Gasteiger partial charge in [0.1, 0.15) is 0 Å². The molecule has 0 aliphatic carbocycles. The summed E-state index contributed by atoms with van der Waals surface area (Å²) in [6.45, 7) is 37.8. The van der Waals surface area contributed by atoms with Gasteiger partial charge in [-0.15, -0.1) is 11.1 Å². The van der Waals surface area contributed by atoms with Crippen LogP contribution < -0.4 is 0 Å². The number of nitrogens with zero attached hydrogens (tertiary/aromatic N) is 2. The van der Waals surface area contributed by atoms with E-state index in [-0.39, 0.29) is 71.5 Å². The van der Waals surface area contributed by atoms with Gasteiger partial charge in [-0.2, -0.15) is 14.1 Å². The monoisotopic (exact) mass is 790 g/mol. The van der Waals surface area contributed by atoms with Crippen LogP contribution in [0.4, 0.5) is 0 Å². The van der Waals surface area contributed by atoms with Crippen LogP contribution in [0.2, 0.25) is 0 Å². The number of aliphatic hydroxyl groups is 2. The summed E-state index contributed by atoms with van der Waals surface area (Å²) in [7, 11) is 3.42. The predicted octanol–water partition coefficient (Wildman–Crippen LogP) is 10.3. The summed E-state index contributed by atoms with van der Waals surface area (Å²) in [5.74, 6) is 0. The second kappa shape index (κ2) is 23.0. The van der Waals surface area contributed by atoms with E-state index in [4.69, 9.17) is 5.11 Å². The molecule has 0 saturated carbocycles. The molecule has 0 unspecified atom stereocenters. The number of rotatable bonds is 4. The topological polar surface area (TPSA) is 68.7 Å². The number of likely N-dealkylation sites (N-methyl/N-ethyl adjacent to an activating group) is 2. The first-order valence-corrected chi connectivity index (χ1v) is 14.5. The van der Waals surface area contributed by atoms with Gasteiger partial charge in [-0.05, 0) is 164 Å². The molecule has 0 aliphatic heterocycles. The number of hydrogen-bond donors (Lipinski definition) is 2. The van der Waals surface area contributed by atoms with Crippen molar-refractivity contribution in [3.05, 3.63) is 92.2 Å². The standard InChI is InChI=1S/2C12H18.C7H16NO.C5H12NO.2CH3.2Ru/c2*1-7-8(2)10(4)12(6)11(5)9(7)3;1-6(2,8-5)7(3,4)9;1-5(2,4-7)6-3;;;;/h2*1-6H3;9H,1-5H3;7H,4H2,1-3H3;2*1H3;;/q;;4*-1;2*+2. The van der Waals surface area contributed by atoms with E-state index in [9.17, 15) is 5.11 Å². The second-order valence-electron chi connectivity index (χ2n) is 13.0. The summed E-state index contributed by atoms with van der Waals surface area (Å²) in [5, 5.41) is 25.9. The fraction of sp³-hybridized carbons (Fsp3) is 0.632. The van der Waals surface area contributed by atoms with Crippen molar-refractivity contribution in [2.24, 2.45) is 0 Å². The molecule has 0 saturated heterocycles. The Kier molecular flexibility index (Phi) is 29.2. The Morgan fingerprint density at radius 3 is 0.614 bits per heavy atom. The molecule has 2 N–H and O–H groups in total. The third kappa shape index (κ3) is 15.9. The van der Waals surface area contributed by atoms with Gasteiger partial charge in [-0.25, -0.2) is 0 Å². The summed E-state index contributed by atoms with van der Waals surface area (Å²) in [5.41, 5.74) is 16.2. The Bertz CT molecular complexity index is 832. The van der Waals surface area contributed by atoms with Crippen LogP contribution in [0.15, 0.2) is 0 Å². The molecule has 0 heterocycles. The molecule has 0 spiro atoms. The van der Waals surface area contributed by atoms with Gasteiger partial charge in [-0.1, -0.05) is 27.7 Å². The molecule has 2 aromatic rings. The molecule has 4 nitrogen and oxygen atoms in total. The average Bonchev–Trinajstić information content (AvgIpc) is 2.91. The molecule has 0 bridgehead atoms. The second-order valence-corrected chi connectivity index (χ2v) is 13.0. The zero-order chi connectivity index (χ0) is 32.5. The predicted molar refractivity (Wildman–Crippen MR) is 193 cm³/mol. The van der Waals surface area contributed by atoms with E-state index < -0.39 is 5.60 Å². The fourth-order valence-electron chi connectivity index (χ4n) is 3.72. The first kappa shape index (κ1) is 55.9. The van der Waals surface area contributed by atoms with E-state index in [1.54, 1.807) is 27.9 Å².